The lowest BCUT2D eigenvalue weighted by atomic mass is 10.1. The van der Waals surface area contributed by atoms with Gasteiger partial charge < -0.3 is 20.3 Å². The van der Waals surface area contributed by atoms with Gasteiger partial charge in [0.15, 0.2) is 0 Å². The summed E-state index contributed by atoms with van der Waals surface area (Å²) in [7, 11) is 3.90. The Balaban J connectivity index is 1.86. The summed E-state index contributed by atoms with van der Waals surface area (Å²) in [5, 5.41) is 6.91. The lowest BCUT2D eigenvalue weighted by Gasteiger charge is -2.33. The van der Waals surface area contributed by atoms with E-state index in [4.69, 9.17) is 4.74 Å². The molecule has 0 amide bonds. The molecule has 19 heavy (non-hydrogen) atoms. The highest BCUT2D eigenvalue weighted by Gasteiger charge is 2.17. The molecule has 0 aromatic heterocycles. The van der Waals surface area contributed by atoms with Crippen LogP contribution < -0.4 is 15.4 Å². The molecule has 0 aliphatic carbocycles. The topological polar surface area (TPSA) is 36.5 Å². The minimum atomic E-state index is 0.611. The smallest absolute Gasteiger partial charge is 0.142 e. The normalized spacial score (nSPS) is 20.3. The predicted molar refractivity (Wildman–Crippen MR) is 83.1 cm³/mol. The van der Waals surface area contributed by atoms with Gasteiger partial charge in [-0.15, -0.1) is 0 Å². The number of hydrogen-bond acceptors (Lipinski definition) is 4. The zero-order valence-corrected chi connectivity index (χ0v) is 13.2. The number of ether oxygens (including phenoxy) is 1. The number of methoxy groups -OCH3 is 1. The molecular formula is C14H22BrN3O. The van der Waals surface area contributed by atoms with E-state index < -0.39 is 0 Å². The number of nitrogens with one attached hydrogen (secondary N) is 2. The molecule has 106 valence electrons. The fraction of sp³-hybridized carbons (Fsp3) is 0.571. The van der Waals surface area contributed by atoms with Gasteiger partial charge in [-0.25, -0.2) is 0 Å². The Morgan fingerprint density at radius 3 is 3.11 bits per heavy atom. The van der Waals surface area contributed by atoms with Crippen molar-refractivity contribution in [1.29, 1.82) is 0 Å². The summed E-state index contributed by atoms with van der Waals surface area (Å²) in [4.78, 5) is 2.43. The number of halogens is 1. The van der Waals surface area contributed by atoms with E-state index in [1.807, 2.05) is 12.1 Å². The molecular weight excluding hydrogens is 306 g/mol. The van der Waals surface area contributed by atoms with E-state index in [1.165, 1.54) is 0 Å². The number of anilines is 1. The van der Waals surface area contributed by atoms with Gasteiger partial charge in [-0.3, -0.25) is 0 Å². The summed E-state index contributed by atoms with van der Waals surface area (Å²) >= 11 is 3.49. The zero-order valence-electron chi connectivity index (χ0n) is 11.6. The molecule has 1 aromatic rings. The number of piperazine rings is 1. The molecule has 5 heteroatoms. The van der Waals surface area contributed by atoms with Crippen LogP contribution in [0.2, 0.25) is 0 Å². The molecule has 0 saturated carbocycles. The summed E-state index contributed by atoms with van der Waals surface area (Å²) in [5.74, 6) is 0.887. The van der Waals surface area contributed by atoms with Crippen molar-refractivity contribution in [3.8, 4) is 5.75 Å². The molecule has 1 aromatic carbocycles. The fourth-order valence-electron chi connectivity index (χ4n) is 2.38. The first-order chi connectivity index (χ1) is 9.20. The number of likely N-dealkylation sites (N-methyl/N-ethyl adjacent to an activating group) is 1. The number of rotatable bonds is 5. The molecule has 0 spiro atoms. The van der Waals surface area contributed by atoms with Gasteiger partial charge in [0.25, 0.3) is 0 Å². The maximum absolute atomic E-state index is 5.36. The van der Waals surface area contributed by atoms with E-state index in [2.05, 4.69) is 44.6 Å². The Labute approximate surface area is 123 Å². The van der Waals surface area contributed by atoms with E-state index in [-0.39, 0.29) is 0 Å². The molecule has 1 fully saturated rings. The van der Waals surface area contributed by atoms with Crippen molar-refractivity contribution in [2.45, 2.75) is 12.5 Å². The summed E-state index contributed by atoms with van der Waals surface area (Å²) in [6.07, 6.45) is 1.12. The van der Waals surface area contributed by atoms with Gasteiger partial charge >= 0.3 is 0 Å². The molecule has 1 unspecified atom stereocenters. The van der Waals surface area contributed by atoms with Crippen molar-refractivity contribution < 1.29 is 4.74 Å². The van der Waals surface area contributed by atoms with Gasteiger partial charge in [0, 0.05) is 36.7 Å². The molecule has 1 saturated heterocycles. The van der Waals surface area contributed by atoms with Crippen molar-refractivity contribution in [3.63, 3.8) is 0 Å². The van der Waals surface area contributed by atoms with E-state index in [9.17, 15) is 0 Å². The van der Waals surface area contributed by atoms with E-state index in [1.54, 1.807) is 7.11 Å². The second-order valence-corrected chi connectivity index (χ2v) is 5.81. The highest BCUT2D eigenvalue weighted by Crippen LogP contribution is 2.27. The van der Waals surface area contributed by atoms with E-state index >= 15 is 0 Å². The van der Waals surface area contributed by atoms with Crippen LogP contribution in [0.15, 0.2) is 22.7 Å². The van der Waals surface area contributed by atoms with Crippen LogP contribution >= 0.6 is 15.9 Å². The summed E-state index contributed by atoms with van der Waals surface area (Å²) in [6, 6.07) is 6.63. The number of nitrogens with zero attached hydrogens (tertiary/aromatic N) is 1. The third kappa shape index (κ3) is 4.09. The van der Waals surface area contributed by atoms with Gasteiger partial charge in [-0.1, -0.05) is 15.9 Å². The predicted octanol–water partition coefficient (Wildman–Crippen LogP) is 2.16. The minimum absolute atomic E-state index is 0.611. The first-order valence-electron chi connectivity index (χ1n) is 6.69. The largest absolute Gasteiger partial charge is 0.495 e. The summed E-state index contributed by atoms with van der Waals surface area (Å²) in [5.41, 5.74) is 1.04. The van der Waals surface area contributed by atoms with Crippen LogP contribution in [0.3, 0.4) is 0 Å². The molecule has 0 bridgehead atoms. The van der Waals surface area contributed by atoms with Gasteiger partial charge in [0.05, 0.1) is 12.8 Å². The van der Waals surface area contributed by atoms with Crippen LogP contribution in [0.4, 0.5) is 5.69 Å². The Hall–Kier alpha value is -0.780. The Morgan fingerprint density at radius 1 is 1.53 bits per heavy atom. The molecule has 4 nitrogen and oxygen atoms in total. The third-order valence-corrected chi connectivity index (χ3v) is 4.09. The van der Waals surface area contributed by atoms with Crippen molar-refractivity contribution in [1.82, 2.24) is 10.2 Å². The lowest BCUT2D eigenvalue weighted by molar-refractivity contribution is 0.194. The zero-order chi connectivity index (χ0) is 13.7. The third-order valence-electron chi connectivity index (χ3n) is 3.60. The maximum atomic E-state index is 5.36. The van der Waals surface area contributed by atoms with E-state index in [0.717, 1.165) is 48.5 Å². The average molecular weight is 328 g/mol. The fourth-order valence-corrected chi connectivity index (χ4v) is 2.74. The first kappa shape index (κ1) is 14.6. The molecule has 2 N–H and O–H groups in total. The Kier molecular flexibility index (Phi) is 5.48. The Morgan fingerprint density at radius 2 is 2.37 bits per heavy atom. The highest BCUT2D eigenvalue weighted by molar-refractivity contribution is 9.10. The molecule has 1 heterocycles. The molecule has 1 atom stereocenters. The monoisotopic (exact) mass is 327 g/mol. The van der Waals surface area contributed by atoms with Gasteiger partial charge in [0.2, 0.25) is 0 Å². The van der Waals surface area contributed by atoms with Crippen LogP contribution in [-0.4, -0.2) is 51.3 Å². The van der Waals surface area contributed by atoms with Gasteiger partial charge in [-0.05, 0) is 31.7 Å². The standard InChI is InChI=1S/C14H22BrN3O/c1-18-8-7-16-10-12(18)5-6-17-13-9-11(15)3-4-14(13)19-2/h3-4,9,12,16-17H,5-8,10H2,1-2H3. The average Bonchev–Trinajstić information content (AvgIpc) is 2.41. The quantitative estimate of drug-likeness (QED) is 0.869. The Bertz CT molecular complexity index is 414. The van der Waals surface area contributed by atoms with Crippen LogP contribution in [0.25, 0.3) is 0 Å². The molecule has 1 aliphatic heterocycles. The second kappa shape index (κ2) is 7.12. The van der Waals surface area contributed by atoms with Crippen molar-refractivity contribution in [3.05, 3.63) is 22.7 Å². The maximum Gasteiger partial charge on any atom is 0.142 e. The van der Waals surface area contributed by atoms with Crippen LogP contribution in [0, 0.1) is 0 Å². The molecule has 1 aliphatic rings. The van der Waals surface area contributed by atoms with Crippen molar-refractivity contribution >= 4 is 21.6 Å². The molecule has 2 rings (SSSR count). The summed E-state index contributed by atoms with van der Waals surface area (Å²) in [6.45, 7) is 4.25. The molecule has 0 radical (unpaired) electrons. The van der Waals surface area contributed by atoms with E-state index in [0.29, 0.717) is 6.04 Å². The summed E-state index contributed by atoms with van der Waals surface area (Å²) < 4.78 is 6.42. The number of benzene rings is 1. The van der Waals surface area contributed by atoms with Gasteiger partial charge in [-0.2, -0.15) is 0 Å². The SMILES string of the molecule is COc1ccc(Br)cc1NCCC1CNCCN1C. The lowest BCUT2D eigenvalue weighted by Crippen LogP contribution is -2.49. The van der Waals surface area contributed by atoms with Crippen molar-refractivity contribution in [2.75, 3.05) is 45.7 Å². The van der Waals surface area contributed by atoms with Crippen LogP contribution in [0.5, 0.6) is 5.75 Å². The second-order valence-electron chi connectivity index (χ2n) is 4.90. The highest BCUT2D eigenvalue weighted by atomic mass is 79.9. The first-order valence-corrected chi connectivity index (χ1v) is 7.48. The van der Waals surface area contributed by atoms with Gasteiger partial charge in [0.1, 0.15) is 5.75 Å². The van der Waals surface area contributed by atoms with Crippen molar-refractivity contribution in [2.24, 2.45) is 0 Å². The van der Waals surface area contributed by atoms with Crippen LogP contribution in [0.1, 0.15) is 6.42 Å². The number of hydrogen-bond donors (Lipinski definition) is 2. The minimum Gasteiger partial charge on any atom is -0.495 e. The van der Waals surface area contributed by atoms with Crippen LogP contribution in [-0.2, 0) is 0 Å².